The van der Waals surface area contributed by atoms with E-state index in [-0.39, 0.29) is 24.1 Å². The van der Waals surface area contributed by atoms with E-state index in [2.05, 4.69) is 0 Å². The molecule has 1 saturated carbocycles. The molecule has 1 saturated heterocycles. The van der Waals surface area contributed by atoms with Crippen LogP contribution in [-0.2, 0) is 4.79 Å². The molecular weight excluding hydrogens is 216 g/mol. The average molecular weight is 240 g/mol. The predicted molar refractivity (Wildman–Crippen MR) is 66.4 cm³/mol. The zero-order valence-corrected chi connectivity index (χ0v) is 10.5. The third-order valence-corrected chi connectivity index (χ3v) is 4.26. The highest BCUT2D eigenvalue weighted by molar-refractivity contribution is 5.78. The van der Waals surface area contributed by atoms with Crippen molar-refractivity contribution in [3.05, 3.63) is 0 Å². The Labute approximate surface area is 103 Å². The number of rotatable bonds is 3. The minimum Gasteiger partial charge on any atom is -0.394 e. The number of amides is 1. The van der Waals surface area contributed by atoms with Crippen molar-refractivity contribution in [3.63, 3.8) is 0 Å². The Morgan fingerprint density at radius 2 is 2.00 bits per heavy atom. The van der Waals surface area contributed by atoms with E-state index in [1.807, 2.05) is 4.90 Å². The average Bonchev–Trinajstić information content (AvgIpc) is 2.77. The number of aliphatic hydroxyl groups excluding tert-OH is 1. The molecule has 98 valence electrons. The molecule has 0 aromatic carbocycles. The van der Waals surface area contributed by atoms with Gasteiger partial charge in [-0.15, -0.1) is 0 Å². The highest BCUT2D eigenvalue weighted by atomic mass is 16.3. The Hall–Kier alpha value is -0.610. The van der Waals surface area contributed by atoms with Crippen molar-refractivity contribution >= 4 is 5.91 Å². The lowest BCUT2D eigenvalue weighted by Gasteiger charge is -2.35. The molecule has 0 aromatic heterocycles. The van der Waals surface area contributed by atoms with Crippen LogP contribution in [0.5, 0.6) is 0 Å². The first kappa shape index (κ1) is 12.8. The van der Waals surface area contributed by atoms with Crippen molar-refractivity contribution in [2.24, 2.45) is 5.73 Å². The summed E-state index contributed by atoms with van der Waals surface area (Å²) in [6, 6.07) is 0.0368. The molecule has 1 heterocycles. The number of likely N-dealkylation sites (tertiary alicyclic amines) is 1. The van der Waals surface area contributed by atoms with Crippen molar-refractivity contribution in [2.75, 3.05) is 13.2 Å². The number of nitrogens with two attached hydrogens (primary N) is 1. The summed E-state index contributed by atoms with van der Waals surface area (Å²) in [5.74, 6) is 0.144. The number of carbonyl (C=O) groups is 1. The largest absolute Gasteiger partial charge is 0.394 e. The van der Waals surface area contributed by atoms with Gasteiger partial charge in [-0.2, -0.15) is 0 Å². The van der Waals surface area contributed by atoms with Gasteiger partial charge in [0.2, 0.25) is 5.91 Å². The van der Waals surface area contributed by atoms with Crippen LogP contribution in [0.15, 0.2) is 0 Å². The molecule has 2 rings (SSSR count). The smallest absolute Gasteiger partial charge is 0.224 e. The summed E-state index contributed by atoms with van der Waals surface area (Å²) < 4.78 is 0. The van der Waals surface area contributed by atoms with Gasteiger partial charge < -0.3 is 15.7 Å². The number of aliphatic hydroxyl groups is 1. The summed E-state index contributed by atoms with van der Waals surface area (Å²) >= 11 is 0. The Morgan fingerprint density at radius 1 is 1.29 bits per heavy atom. The first-order valence-corrected chi connectivity index (χ1v) is 6.84. The molecule has 1 atom stereocenters. The zero-order chi connectivity index (χ0) is 12.3. The van der Waals surface area contributed by atoms with Gasteiger partial charge in [0.1, 0.15) is 0 Å². The molecule has 4 heteroatoms. The van der Waals surface area contributed by atoms with Crippen molar-refractivity contribution in [2.45, 2.75) is 62.9 Å². The van der Waals surface area contributed by atoms with E-state index in [1.165, 1.54) is 6.42 Å². The standard InChI is InChI=1S/C13H24N2O2/c14-13(6-2-1-3-7-13)9-12(17)15-8-4-5-11(15)10-16/h11,16H,1-10,14H2/t11-/m1/s1. The Bertz CT molecular complexity index is 275. The van der Waals surface area contributed by atoms with E-state index in [4.69, 9.17) is 5.73 Å². The molecule has 1 aliphatic carbocycles. The summed E-state index contributed by atoms with van der Waals surface area (Å²) in [5, 5.41) is 9.23. The van der Waals surface area contributed by atoms with Crippen molar-refractivity contribution < 1.29 is 9.90 Å². The minimum atomic E-state index is -0.280. The van der Waals surface area contributed by atoms with Crippen LogP contribution < -0.4 is 5.73 Å². The van der Waals surface area contributed by atoms with Crippen molar-refractivity contribution in [1.82, 2.24) is 4.90 Å². The molecule has 4 nitrogen and oxygen atoms in total. The first-order chi connectivity index (χ1) is 8.14. The van der Waals surface area contributed by atoms with E-state index in [1.54, 1.807) is 0 Å². The van der Waals surface area contributed by atoms with E-state index in [9.17, 15) is 9.90 Å². The molecule has 17 heavy (non-hydrogen) atoms. The van der Waals surface area contributed by atoms with Gasteiger partial charge in [0, 0.05) is 18.5 Å². The second-order valence-electron chi connectivity index (χ2n) is 5.67. The van der Waals surface area contributed by atoms with Crippen LogP contribution in [0.2, 0.25) is 0 Å². The molecule has 0 spiro atoms. The summed E-state index contributed by atoms with van der Waals surface area (Å²) in [6.45, 7) is 0.878. The van der Waals surface area contributed by atoms with E-state index >= 15 is 0 Å². The SMILES string of the molecule is NC1(CC(=O)N2CCC[C@@H]2CO)CCCCC1. The van der Waals surface area contributed by atoms with Gasteiger partial charge in [-0.05, 0) is 25.7 Å². The predicted octanol–water partition coefficient (Wildman–Crippen LogP) is 1.02. The third-order valence-electron chi connectivity index (χ3n) is 4.26. The van der Waals surface area contributed by atoms with E-state index < -0.39 is 0 Å². The minimum absolute atomic E-state index is 0.0368. The molecular formula is C13H24N2O2. The van der Waals surface area contributed by atoms with Gasteiger partial charge in [0.15, 0.2) is 0 Å². The highest BCUT2D eigenvalue weighted by Crippen LogP contribution is 2.30. The van der Waals surface area contributed by atoms with E-state index in [0.29, 0.717) is 6.42 Å². The maximum atomic E-state index is 12.2. The molecule has 3 N–H and O–H groups in total. The normalized spacial score (nSPS) is 28.4. The molecule has 0 unspecified atom stereocenters. The molecule has 0 radical (unpaired) electrons. The van der Waals surface area contributed by atoms with Crippen LogP contribution in [0.1, 0.15) is 51.4 Å². The quantitative estimate of drug-likeness (QED) is 0.774. The van der Waals surface area contributed by atoms with Gasteiger partial charge in [-0.25, -0.2) is 0 Å². The lowest BCUT2D eigenvalue weighted by atomic mass is 9.80. The lowest BCUT2D eigenvalue weighted by Crippen LogP contribution is -2.48. The van der Waals surface area contributed by atoms with Gasteiger partial charge in [0.25, 0.3) is 0 Å². The Balaban J connectivity index is 1.91. The molecule has 2 fully saturated rings. The highest BCUT2D eigenvalue weighted by Gasteiger charge is 2.35. The second kappa shape index (κ2) is 5.36. The zero-order valence-electron chi connectivity index (χ0n) is 10.5. The molecule has 0 bridgehead atoms. The number of hydrogen-bond donors (Lipinski definition) is 2. The Kier molecular flexibility index (Phi) is 4.05. The fourth-order valence-corrected chi connectivity index (χ4v) is 3.19. The van der Waals surface area contributed by atoms with Gasteiger partial charge >= 0.3 is 0 Å². The summed E-state index contributed by atoms with van der Waals surface area (Å²) in [7, 11) is 0. The molecule has 1 aliphatic heterocycles. The number of hydrogen-bond acceptors (Lipinski definition) is 3. The fraction of sp³-hybridized carbons (Fsp3) is 0.923. The fourth-order valence-electron chi connectivity index (χ4n) is 3.19. The van der Waals surface area contributed by atoms with Crippen LogP contribution in [0, 0.1) is 0 Å². The monoisotopic (exact) mass is 240 g/mol. The second-order valence-corrected chi connectivity index (χ2v) is 5.67. The summed E-state index contributed by atoms with van der Waals surface area (Å²) in [6.07, 6.45) is 7.88. The van der Waals surface area contributed by atoms with Gasteiger partial charge in [-0.3, -0.25) is 4.79 Å². The Morgan fingerprint density at radius 3 is 2.65 bits per heavy atom. The maximum Gasteiger partial charge on any atom is 0.224 e. The molecule has 2 aliphatic rings. The van der Waals surface area contributed by atoms with Crippen LogP contribution in [0.3, 0.4) is 0 Å². The number of nitrogens with zero attached hydrogens (tertiary/aromatic N) is 1. The topological polar surface area (TPSA) is 66.6 Å². The van der Waals surface area contributed by atoms with Gasteiger partial charge in [-0.1, -0.05) is 19.3 Å². The van der Waals surface area contributed by atoms with Crippen LogP contribution in [-0.4, -0.2) is 40.6 Å². The van der Waals surface area contributed by atoms with E-state index in [0.717, 1.165) is 45.1 Å². The summed E-state index contributed by atoms with van der Waals surface area (Å²) in [5.41, 5.74) is 6.02. The lowest BCUT2D eigenvalue weighted by molar-refractivity contribution is -0.134. The third kappa shape index (κ3) is 2.99. The summed E-state index contributed by atoms with van der Waals surface area (Å²) in [4.78, 5) is 14.1. The number of carbonyl (C=O) groups excluding carboxylic acids is 1. The molecule has 1 amide bonds. The van der Waals surface area contributed by atoms with Crippen LogP contribution in [0.25, 0.3) is 0 Å². The van der Waals surface area contributed by atoms with Crippen LogP contribution >= 0.6 is 0 Å². The van der Waals surface area contributed by atoms with Crippen molar-refractivity contribution in [3.8, 4) is 0 Å². The molecule has 0 aromatic rings. The van der Waals surface area contributed by atoms with Crippen LogP contribution in [0.4, 0.5) is 0 Å². The maximum absolute atomic E-state index is 12.2. The van der Waals surface area contributed by atoms with Gasteiger partial charge in [0.05, 0.1) is 12.6 Å². The first-order valence-electron chi connectivity index (χ1n) is 6.84. The van der Waals surface area contributed by atoms with Crippen molar-refractivity contribution in [1.29, 1.82) is 0 Å².